The summed E-state index contributed by atoms with van der Waals surface area (Å²) < 4.78 is 0. The van der Waals surface area contributed by atoms with E-state index in [-0.39, 0.29) is 0 Å². The second kappa shape index (κ2) is 2.09. The van der Waals surface area contributed by atoms with Gasteiger partial charge < -0.3 is 0 Å². The summed E-state index contributed by atoms with van der Waals surface area (Å²) in [7, 11) is 3.28. The average Bonchev–Trinajstić information content (AvgIpc) is 1.77. The molecule has 0 saturated heterocycles. The van der Waals surface area contributed by atoms with Gasteiger partial charge in [-0.15, -0.1) is 0 Å². The summed E-state index contributed by atoms with van der Waals surface area (Å²) in [5, 5.41) is 0.885. The van der Waals surface area contributed by atoms with Gasteiger partial charge in [-0.3, -0.25) is 4.98 Å². The molecule has 1 rings (SSSR count). The predicted octanol–water partition coefficient (Wildman–Crippen LogP) is 0.184. The standard InChI is InChI=1S/C6H6NSi/c1-5-2-3-6(8)7-4-5/h2-4H,1H3. The molecule has 8 heavy (non-hydrogen) atoms. The molecule has 0 aliphatic rings. The van der Waals surface area contributed by atoms with Gasteiger partial charge in [-0.25, -0.2) is 0 Å². The van der Waals surface area contributed by atoms with Crippen molar-refractivity contribution in [3.8, 4) is 0 Å². The van der Waals surface area contributed by atoms with Gasteiger partial charge in [-0.05, 0) is 18.6 Å². The minimum absolute atomic E-state index is 0.885. The molecule has 0 saturated carbocycles. The van der Waals surface area contributed by atoms with Crippen LogP contribution in [0.3, 0.4) is 0 Å². The van der Waals surface area contributed by atoms with E-state index in [2.05, 4.69) is 15.2 Å². The lowest BCUT2D eigenvalue weighted by Gasteiger charge is -1.89. The number of aryl methyl sites for hydroxylation is 1. The largest absolute Gasteiger partial charge is 0.267 e. The molecule has 1 heterocycles. The highest BCUT2D eigenvalue weighted by Crippen LogP contribution is 1.86. The first-order chi connectivity index (χ1) is 3.79. The van der Waals surface area contributed by atoms with Crippen LogP contribution >= 0.6 is 0 Å². The number of rotatable bonds is 0. The van der Waals surface area contributed by atoms with Crippen LogP contribution in [0.1, 0.15) is 5.56 Å². The highest BCUT2D eigenvalue weighted by atomic mass is 28.1. The third-order valence-electron chi connectivity index (χ3n) is 0.911. The highest BCUT2D eigenvalue weighted by Gasteiger charge is 1.81. The lowest BCUT2D eigenvalue weighted by Crippen LogP contribution is -2.05. The maximum Gasteiger partial charge on any atom is 0.0994 e. The fraction of sp³-hybridized carbons (Fsp3) is 0.167. The van der Waals surface area contributed by atoms with Crippen molar-refractivity contribution in [2.45, 2.75) is 6.92 Å². The third kappa shape index (κ3) is 1.17. The Kier molecular flexibility index (Phi) is 1.44. The lowest BCUT2D eigenvalue weighted by molar-refractivity contribution is 1.31. The molecule has 0 spiro atoms. The molecule has 0 unspecified atom stereocenters. The van der Waals surface area contributed by atoms with E-state index in [1.165, 1.54) is 5.56 Å². The smallest absolute Gasteiger partial charge is 0.0994 e. The van der Waals surface area contributed by atoms with Crippen molar-refractivity contribution in [3.05, 3.63) is 23.9 Å². The number of hydrogen-bond acceptors (Lipinski definition) is 1. The van der Waals surface area contributed by atoms with Gasteiger partial charge in [0, 0.05) is 11.5 Å². The van der Waals surface area contributed by atoms with Crippen LogP contribution in [0.25, 0.3) is 0 Å². The maximum atomic E-state index is 3.99. The Balaban J connectivity index is 3.03. The first kappa shape index (κ1) is 5.50. The van der Waals surface area contributed by atoms with Crippen LogP contribution in [0.2, 0.25) is 0 Å². The van der Waals surface area contributed by atoms with E-state index in [4.69, 9.17) is 0 Å². The number of nitrogens with zero attached hydrogens (tertiary/aromatic N) is 1. The fourth-order valence-electron chi connectivity index (χ4n) is 0.468. The average molecular weight is 120 g/mol. The van der Waals surface area contributed by atoms with E-state index in [1.807, 2.05) is 25.3 Å². The molecule has 2 heteroatoms. The summed E-state index contributed by atoms with van der Waals surface area (Å²) in [6.45, 7) is 2.01. The van der Waals surface area contributed by atoms with E-state index in [1.54, 1.807) is 0 Å². The second-order valence-corrected chi connectivity index (χ2v) is 2.23. The normalized spacial score (nSPS) is 9.25. The molecular formula is C6H6NSi. The molecule has 39 valence electrons. The van der Waals surface area contributed by atoms with Gasteiger partial charge in [0.05, 0.1) is 10.2 Å². The van der Waals surface area contributed by atoms with Crippen LogP contribution < -0.4 is 5.32 Å². The van der Waals surface area contributed by atoms with E-state index in [0.29, 0.717) is 0 Å². The fourth-order valence-corrected chi connectivity index (χ4v) is 0.616. The van der Waals surface area contributed by atoms with Crippen molar-refractivity contribution in [3.63, 3.8) is 0 Å². The molecule has 0 aliphatic carbocycles. The maximum absolute atomic E-state index is 3.99. The minimum atomic E-state index is 0.885. The van der Waals surface area contributed by atoms with Gasteiger partial charge in [-0.1, -0.05) is 6.07 Å². The zero-order chi connectivity index (χ0) is 5.98. The summed E-state index contributed by atoms with van der Waals surface area (Å²) in [6.07, 6.45) is 1.82. The zero-order valence-corrected chi connectivity index (χ0v) is 5.68. The molecule has 0 N–H and O–H groups in total. The summed E-state index contributed by atoms with van der Waals surface area (Å²) in [5.41, 5.74) is 1.19. The van der Waals surface area contributed by atoms with Crippen LogP contribution in [-0.2, 0) is 0 Å². The first-order valence-electron chi connectivity index (χ1n) is 2.43. The van der Waals surface area contributed by atoms with Crippen LogP contribution in [0, 0.1) is 6.92 Å². The third-order valence-corrected chi connectivity index (χ3v) is 1.21. The zero-order valence-electron chi connectivity index (χ0n) is 4.68. The van der Waals surface area contributed by atoms with Crippen LogP contribution in [0.15, 0.2) is 18.3 Å². The Hall–Kier alpha value is -0.633. The van der Waals surface area contributed by atoms with Crippen LogP contribution in [0.4, 0.5) is 0 Å². The SMILES string of the molecule is Cc1ccc([Si])nc1. The van der Waals surface area contributed by atoms with Gasteiger partial charge in [-0.2, -0.15) is 0 Å². The molecular weight excluding hydrogens is 114 g/mol. The van der Waals surface area contributed by atoms with E-state index in [0.717, 1.165) is 5.32 Å². The quantitative estimate of drug-likeness (QED) is 0.445. The predicted molar refractivity (Wildman–Crippen MR) is 34.4 cm³/mol. The van der Waals surface area contributed by atoms with Crippen molar-refractivity contribution >= 4 is 15.6 Å². The van der Waals surface area contributed by atoms with E-state index < -0.39 is 0 Å². The van der Waals surface area contributed by atoms with Crippen molar-refractivity contribution in [1.82, 2.24) is 4.98 Å². The number of pyridine rings is 1. The minimum Gasteiger partial charge on any atom is -0.267 e. The molecule has 0 aromatic carbocycles. The van der Waals surface area contributed by atoms with Gasteiger partial charge in [0.2, 0.25) is 0 Å². The van der Waals surface area contributed by atoms with Crippen LogP contribution in [-0.4, -0.2) is 15.2 Å². The Morgan fingerprint density at radius 2 is 2.25 bits per heavy atom. The Morgan fingerprint density at radius 1 is 1.50 bits per heavy atom. The van der Waals surface area contributed by atoms with Gasteiger partial charge in [0.25, 0.3) is 0 Å². The molecule has 0 fully saturated rings. The van der Waals surface area contributed by atoms with Crippen molar-refractivity contribution in [1.29, 1.82) is 0 Å². The van der Waals surface area contributed by atoms with Crippen molar-refractivity contribution < 1.29 is 0 Å². The lowest BCUT2D eigenvalue weighted by atomic mass is 10.3. The van der Waals surface area contributed by atoms with Crippen LogP contribution in [0.5, 0.6) is 0 Å². The molecule has 0 bridgehead atoms. The number of aromatic nitrogens is 1. The summed E-state index contributed by atoms with van der Waals surface area (Å²) in [6, 6.07) is 3.93. The Labute approximate surface area is 52.2 Å². The first-order valence-corrected chi connectivity index (χ1v) is 2.93. The Morgan fingerprint density at radius 3 is 2.62 bits per heavy atom. The monoisotopic (exact) mass is 120 g/mol. The molecule has 0 atom stereocenters. The van der Waals surface area contributed by atoms with Gasteiger partial charge >= 0.3 is 0 Å². The highest BCUT2D eigenvalue weighted by molar-refractivity contribution is 6.30. The topological polar surface area (TPSA) is 12.9 Å². The Bertz CT molecular complexity index is 147. The second-order valence-electron chi connectivity index (χ2n) is 1.72. The van der Waals surface area contributed by atoms with E-state index in [9.17, 15) is 0 Å². The van der Waals surface area contributed by atoms with Gasteiger partial charge in [0.15, 0.2) is 0 Å². The summed E-state index contributed by atoms with van der Waals surface area (Å²) >= 11 is 0. The molecule has 3 radical (unpaired) electrons. The van der Waals surface area contributed by atoms with Crippen molar-refractivity contribution in [2.24, 2.45) is 0 Å². The molecule has 0 aliphatic heterocycles. The molecule has 0 amide bonds. The molecule has 1 aromatic heterocycles. The number of hydrogen-bond donors (Lipinski definition) is 0. The summed E-state index contributed by atoms with van der Waals surface area (Å²) in [4.78, 5) is 3.99. The van der Waals surface area contributed by atoms with E-state index >= 15 is 0 Å². The van der Waals surface area contributed by atoms with Crippen molar-refractivity contribution in [2.75, 3.05) is 0 Å². The summed E-state index contributed by atoms with van der Waals surface area (Å²) in [5.74, 6) is 0. The molecule has 1 nitrogen and oxygen atoms in total. The molecule has 1 aromatic rings. The van der Waals surface area contributed by atoms with Gasteiger partial charge in [0.1, 0.15) is 0 Å².